The molecule has 1 saturated carbocycles. The number of halogens is 1. The molecule has 3 N–H and O–H groups in total. The Balaban J connectivity index is 1.71. The average Bonchev–Trinajstić information content (AvgIpc) is 2.67. The van der Waals surface area contributed by atoms with Crippen molar-refractivity contribution in [2.75, 3.05) is 6.54 Å². The zero-order valence-corrected chi connectivity index (χ0v) is 11.0. The highest BCUT2D eigenvalue weighted by atomic mass is 35.5. The second-order valence-electron chi connectivity index (χ2n) is 4.55. The minimum absolute atomic E-state index is 0.396. The third-order valence-electron chi connectivity index (χ3n) is 3.30. The van der Waals surface area contributed by atoms with Gasteiger partial charge in [-0.05, 0) is 37.4 Å². The molecule has 0 radical (unpaired) electrons. The van der Waals surface area contributed by atoms with Gasteiger partial charge in [-0.1, -0.05) is 24.4 Å². The van der Waals surface area contributed by atoms with Gasteiger partial charge in [0, 0.05) is 17.5 Å². The van der Waals surface area contributed by atoms with Crippen LogP contribution in [0, 0.1) is 5.92 Å². The Labute approximate surface area is 106 Å². The molecule has 1 aromatic heterocycles. The predicted molar refractivity (Wildman–Crippen MR) is 71.0 cm³/mol. The predicted octanol–water partition coefficient (Wildman–Crippen LogP) is 3.01. The van der Waals surface area contributed by atoms with E-state index in [0.717, 1.165) is 17.4 Å². The zero-order chi connectivity index (χ0) is 11.4. The van der Waals surface area contributed by atoms with E-state index in [1.165, 1.54) is 30.6 Å². The fourth-order valence-electron chi connectivity index (χ4n) is 2.32. The first-order valence-corrected chi connectivity index (χ1v) is 7.15. The molecule has 2 unspecified atom stereocenters. The number of hydrogen-bond acceptors (Lipinski definition) is 3. The fourth-order valence-corrected chi connectivity index (χ4v) is 3.37. The Kier molecular flexibility index (Phi) is 4.65. The summed E-state index contributed by atoms with van der Waals surface area (Å²) < 4.78 is 0.867. The van der Waals surface area contributed by atoms with E-state index in [4.69, 9.17) is 17.3 Å². The molecule has 1 fully saturated rings. The van der Waals surface area contributed by atoms with Crippen LogP contribution in [0.3, 0.4) is 0 Å². The van der Waals surface area contributed by atoms with Crippen LogP contribution in [0.2, 0.25) is 4.34 Å². The Morgan fingerprint density at radius 2 is 2.19 bits per heavy atom. The van der Waals surface area contributed by atoms with Crippen LogP contribution in [-0.2, 0) is 6.54 Å². The highest BCUT2D eigenvalue weighted by molar-refractivity contribution is 7.16. The summed E-state index contributed by atoms with van der Waals surface area (Å²) in [5.74, 6) is 0.657. The molecule has 2 nitrogen and oxygen atoms in total. The summed E-state index contributed by atoms with van der Waals surface area (Å²) in [6, 6.07) is 4.43. The summed E-state index contributed by atoms with van der Waals surface area (Å²) in [5, 5.41) is 3.49. The lowest BCUT2D eigenvalue weighted by Gasteiger charge is -2.28. The number of hydrogen-bond donors (Lipinski definition) is 2. The molecule has 90 valence electrons. The van der Waals surface area contributed by atoms with Crippen molar-refractivity contribution in [3.8, 4) is 0 Å². The summed E-state index contributed by atoms with van der Waals surface area (Å²) >= 11 is 7.53. The van der Waals surface area contributed by atoms with Gasteiger partial charge < -0.3 is 11.1 Å². The van der Waals surface area contributed by atoms with Crippen LogP contribution in [0.1, 0.15) is 30.6 Å². The molecule has 1 aromatic rings. The normalized spacial score (nSPS) is 25.9. The minimum Gasteiger partial charge on any atom is -0.327 e. The molecule has 0 bridgehead atoms. The quantitative estimate of drug-likeness (QED) is 0.871. The summed E-state index contributed by atoms with van der Waals surface area (Å²) in [4.78, 5) is 1.30. The van der Waals surface area contributed by atoms with Gasteiger partial charge in [-0.3, -0.25) is 0 Å². The number of rotatable bonds is 4. The lowest BCUT2D eigenvalue weighted by atomic mass is 9.85. The van der Waals surface area contributed by atoms with Crippen molar-refractivity contribution in [3.63, 3.8) is 0 Å². The van der Waals surface area contributed by atoms with Crippen molar-refractivity contribution in [1.29, 1.82) is 0 Å². The first-order valence-electron chi connectivity index (χ1n) is 5.96. The number of nitrogens with one attached hydrogen (secondary N) is 1. The Hall–Kier alpha value is -0.0900. The van der Waals surface area contributed by atoms with Crippen molar-refractivity contribution in [1.82, 2.24) is 5.32 Å². The molecular formula is C12H19ClN2S. The molecule has 0 amide bonds. The van der Waals surface area contributed by atoms with Crippen LogP contribution in [0.25, 0.3) is 0 Å². The molecule has 0 saturated heterocycles. The van der Waals surface area contributed by atoms with Gasteiger partial charge in [0.05, 0.1) is 4.34 Å². The van der Waals surface area contributed by atoms with Gasteiger partial charge in [0.1, 0.15) is 0 Å². The largest absolute Gasteiger partial charge is 0.327 e. The molecule has 1 aliphatic carbocycles. The topological polar surface area (TPSA) is 38.0 Å². The molecule has 1 heterocycles. The van der Waals surface area contributed by atoms with Crippen LogP contribution >= 0.6 is 22.9 Å². The number of thiophene rings is 1. The van der Waals surface area contributed by atoms with Gasteiger partial charge in [0.25, 0.3) is 0 Å². The van der Waals surface area contributed by atoms with Gasteiger partial charge in [0.2, 0.25) is 0 Å². The van der Waals surface area contributed by atoms with Gasteiger partial charge in [-0.2, -0.15) is 0 Å². The summed E-state index contributed by atoms with van der Waals surface area (Å²) in [5.41, 5.74) is 6.10. The zero-order valence-electron chi connectivity index (χ0n) is 9.42. The van der Waals surface area contributed by atoms with E-state index in [1.807, 2.05) is 6.07 Å². The van der Waals surface area contributed by atoms with Crippen LogP contribution in [0.4, 0.5) is 0 Å². The van der Waals surface area contributed by atoms with E-state index in [2.05, 4.69) is 11.4 Å². The Morgan fingerprint density at radius 3 is 2.88 bits per heavy atom. The third kappa shape index (κ3) is 3.45. The highest BCUT2D eigenvalue weighted by Gasteiger charge is 2.20. The molecule has 0 aliphatic heterocycles. The Bertz CT molecular complexity index is 327. The van der Waals surface area contributed by atoms with E-state index in [0.29, 0.717) is 12.0 Å². The summed E-state index contributed by atoms with van der Waals surface area (Å²) in [6.07, 6.45) is 5.11. The minimum atomic E-state index is 0.396. The van der Waals surface area contributed by atoms with E-state index in [9.17, 15) is 0 Å². The van der Waals surface area contributed by atoms with E-state index in [1.54, 1.807) is 11.3 Å². The maximum Gasteiger partial charge on any atom is 0.0931 e. The van der Waals surface area contributed by atoms with Gasteiger partial charge in [-0.15, -0.1) is 11.3 Å². The molecule has 0 aromatic carbocycles. The molecule has 0 spiro atoms. The monoisotopic (exact) mass is 258 g/mol. The lowest BCUT2D eigenvalue weighted by molar-refractivity contribution is 0.296. The van der Waals surface area contributed by atoms with Crippen LogP contribution in [0.15, 0.2) is 12.1 Å². The van der Waals surface area contributed by atoms with Crippen molar-refractivity contribution in [2.24, 2.45) is 11.7 Å². The molecule has 2 rings (SSSR count). The van der Waals surface area contributed by atoms with Gasteiger partial charge >= 0.3 is 0 Å². The van der Waals surface area contributed by atoms with Crippen LogP contribution in [-0.4, -0.2) is 12.6 Å². The SMILES string of the molecule is NC1CCCCC1CNCc1ccc(Cl)s1. The number of nitrogens with two attached hydrogens (primary N) is 1. The average molecular weight is 259 g/mol. The van der Waals surface area contributed by atoms with Crippen molar-refractivity contribution in [2.45, 2.75) is 38.3 Å². The van der Waals surface area contributed by atoms with Gasteiger partial charge in [-0.25, -0.2) is 0 Å². The first kappa shape index (κ1) is 12.4. The third-order valence-corrected chi connectivity index (χ3v) is 4.53. The second kappa shape index (κ2) is 6.01. The van der Waals surface area contributed by atoms with Crippen molar-refractivity contribution >= 4 is 22.9 Å². The second-order valence-corrected chi connectivity index (χ2v) is 6.34. The molecule has 2 atom stereocenters. The maximum atomic E-state index is 6.10. The molecular weight excluding hydrogens is 240 g/mol. The fraction of sp³-hybridized carbons (Fsp3) is 0.667. The molecule has 4 heteroatoms. The lowest BCUT2D eigenvalue weighted by Crippen LogP contribution is -2.39. The maximum absolute atomic E-state index is 6.10. The van der Waals surface area contributed by atoms with Crippen LogP contribution < -0.4 is 11.1 Å². The van der Waals surface area contributed by atoms with Crippen molar-refractivity contribution in [3.05, 3.63) is 21.3 Å². The van der Waals surface area contributed by atoms with E-state index < -0.39 is 0 Å². The molecule has 16 heavy (non-hydrogen) atoms. The highest BCUT2D eigenvalue weighted by Crippen LogP contribution is 2.23. The van der Waals surface area contributed by atoms with Crippen molar-refractivity contribution < 1.29 is 0 Å². The molecule has 1 aliphatic rings. The van der Waals surface area contributed by atoms with Gasteiger partial charge in [0.15, 0.2) is 0 Å². The standard InChI is InChI=1S/C12H19ClN2S/c13-12-6-5-10(16-12)8-15-7-9-3-1-2-4-11(9)14/h5-6,9,11,15H,1-4,7-8,14H2. The Morgan fingerprint density at radius 1 is 1.38 bits per heavy atom. The summed E-state index contributed by atoms with van der Waals surface area (Å²) in [6.45, 7) is 1.96. The first-order chi connectivity index (χ1) is 7.75. The van der Waals surface area contributed by atoms with E-state index in [-0.39, 0.29) is 0 Å². The van der Waals surface area contributed by atoms with Crippen LogP contribution in [0.5, 0.6) is 0 Å². The smallest absolute Gasteiger partial charge is 0.0931 e. The van der Waals surface area contributed by atoms with E-state index >= 15 is 0 Å². The summed E-state index contributed by atoms with van der Waals surface area (Å²) in [7, 11) is 0.